The maximum atomic E-state index is 10.5. The van der Waals surface area contributed by atoms with Gasteiger partial charge in [0, 0.05) is 12.0 Å². The summed E-state index contributed by atoms with van der Waals surface area (Å²) in [4.78, 5) is 0. The summed E-state index contributed by atoms with van der Waals surface area (Å²) in [6.45, 7) is 0. The van der Waals surface area contributed by atoms with Crippen LogP contribution >= 0.6 is 0 Å². The fraction of sp³-hybridized carbons (Fsp3) is 0.0588. The van der Waals surface area contributed by atoms with E-state index < -0.39 is 0 Å². The summed E-state index contributed by atoms with van der Waals surface area (Å²) in [5.74, 6) is 0.785. The molecule has 0 amide bonds. The molecule has 2 aromatic rings. The van der Waals surface area contributed by atoms with Gasteiger partial charge in [0.15, 0.2) is 5.76 Å². The lowest BCUT2D eigenvalue weighted by molar-refractivity contribution is 0.310. The van der Waals surface area contributed by atoms with Gasteiger partial charge in [-0.1, -0.05) is 30.3 Å². The average molecular weight is 264 g/mol. The Bertz CT molecular complexity index is 757. The maximum Gasteiger partial charge on any atom is 0.172 e. The van der Waals surface area contributed by atoms with Gasteiger partial charge in [-0.2, -0.15) is 0 Å². The molecule has 1 heterocycles. The van der Waals surface area contributed by atoms with Crippen LogP contribution in [0.4, 0.5) is 0 Å². The molecule has 3 heteroatoms. The lowest BCUT2D eigenvalue weighted by Gasteiger charge is -2.13. The van der Waals surface area contributed by atoms with Crippen molar-refractivity contribution in [3.63, 3.8) is 0 Å². The van der Waals surface area contributed by atoms with Crippen LogP contribution in [0.25, 0.3) is 16.9 Å². The summed E-state index contributed by atoms with van der Waals surface area (Å²) in [5, 5.41) is 10.5. The zero-order valence-corrected chi connectivity index (χ0v) is 10.7. The summed E-state index contributed by atoms with van der Waals surface area (Å²) in [6.07, 6.45) is 5.14. The van der Waals surface area contributed by atoms with Crippen LogP contribution in [0, 0.1) is 0 Å². The number of hydrogen-bond acceptors (Lipinski definition) is 3. The molecule has 0 radical (unpaired) electrons. The highest BCUT2D eigenvalue weighted by Gasteiger charge is 2.24. The molecule has 0 atom stereocenters. The second kappa shape index (κ2) is 4.17. The number of benzene rings is 2. The number of aromatic hydroxyl groups is 1. The molecule has 98 valence electrons. The first-order chi connectivity index (χ1) is 9.84. The van der Waals surface area contributed by atoms with Crippen molar-refractivity contribution in [2.45, 2.75) is 6.42 Å². The van der Waals surface area contributed by atoms with Gasteiger partial charge in [0.2, 0.25) is 0 Å². The Hall–Kier alpha value is -2.68. The SMILES string of the molecule is Oc1c(C2=COC=CO2)ccc2c1Cc1ccccc1-2. The zero-order chi connectivity index (χ0) is 13.5. The quantitative estimate of drug-likeness (QED) is 0.727. The number of phenols is 1. The van der Waals surface area contributed by atoms with Crippen molar-refractivity contribution in [2.24, 2.45) is 0 Å². The molecule has 0 bridgehead atoms. The number of rotatable bonds is 1. The van der Waals surface area contributed by atoms with E-state index in [-0.39, 0.29) is 5.75 Å². The molecule has 0 aromatic heterocycles. The highest BCUT2D eigenvalue weighted by atomic mass is 16.5. The van der Waals surface area contributed by atoms with Crippen LogP contribution in [0.1, 0.15) is 16.7 Å². The zero-order valence-electron chi connectivity index (χ0n) is 10.7. The minimum atomic E-state index is 0.267. The molecule has 1 aliphatic heterocycles. The molecule has 20 heavy (non-hydrogen) atoms. The molecular weight excluding hydrogens is 252 g/mol. The molecule has 1 aliphatic carbocycles. The smallest absolute Gasteiger partial charge is 0.172 e. The van der Waals surface area contributed by atoms with Crippen LogP contribution in [-0.2, 0) is 15.9 Å². The van der Waals surface area contributed by atoms with E-state index in [9.17, 15) is 5.11 Å². The Morgan fingerprint density at radius 1 is 0.900 bits per heavy atom. The summed E-state index contributed by atoms with van der Waals surface area (Å²) < 4.78 is 10.5. The van der Waals surface area contributed by atoms with Crippen molar-refractivity contribution in [3.05, 3.63) is 71.9 Å². The second-order valence-electron chi connectivity index (χ2n) is 4.83. The van der Waals surface area contributed by atoms with Gasteiger partial charge in [0.25, 0.3) is 0 Å². The number of ether oxygens (including phenoxy) is 2. The van der Waals surface area contributed by atoms with E-state index >= 15 is 0 Å². The predicted molar refractivity (Wildman–Crippen MR) is 75.6 cm³/mol. The van der Waals surface area contributed by atoms with Gasteiger partial charge in [-0.15, -0.1) is 0 Å². The molecule has 0 saturated carbocycles. The molecule has 2 aliphatic rings. The normalized spacial score (nSPS) is 14.9. The van der Waals surface area contributed by atoms with Crippen molar-refractivity contribution in [3.8, 4) is 16.9 Å². The van der Waals surface area contributed by atoms with Crippen LogP contribution in [0.3, 0.4) is 0 Å². The van der Waals surface area contributed by atoms with Crippen molar-refractivity contribution in [1.29, 1.82) is 0 Å². The summed E-state index contributed by atoms with van der Waals surface area (Å²) >= 11 is 0. The van der Waals surface area contributed by atoms with Crippen molar-refractivity contribution in [2.75, 3.05) is 0 Å². The third kappa shape index (κ3) is 1.53. The summed E-state index contributed by atoms with van der Waals surface area (Å²) in [5.41, 5.74) is 5.13. The lowest BCUT2D eigenvalue weighted by Crippen LogP contribution is -1.95. The minimum Gasteiger partial charge on any atom is -0.507 e. The average Bonchev–Trinajstić information content (AvgIpc) is 2.88. The van der Waals surface area contributed by atoms with Gasteiger partial charge in [-0.05, 0) is 22.8 Å². The first-order valence-corrected chi connectivity index (χ1v) is 6.45. The Morgan fingerprint density at radius 3 is 2.60 bits per heavy atom. The van der Waals surface area contributed by atoms with Gasteiger partial charge in [-0.3, -0.25) is 0 Å². The number of fused-ring (bicyclic) bond motifs is 3. The third-order valence-electron chi connectivity index (χ3n) is 3.73. The summed E-state index contributed by atoms with van der Waals surface area (Å²) in [7, 11) is 0. The molecule has 0 spiro atoms. The molecule has 0 saturated heterocycles. The van der Waals surface area contributed by atoms with Gasteiger partial charge in [-0.25, -0.2) is 0 Å². The minimum absolute atomic E-state index is 0.267. The molecule has 3 nitrogen and oxygen atoms in total. The first-order valence-electron chi connectivity index (χ1n) is 6.45. The van der Waals surface area contributed by atoms with E-state index in [1.807, 2.05) is 24.3 Å². The third-order valence-corrected chi connectivity index (χ3v) is 3.73. The molecule has 4 rings (SSSR count). The van der Waals surface area contributed by atoms with Crippen LogP contribution in [-0.4, -0.2) is 5.11 Å². The van der Waals surface area contributed by atoms with Gasteiger partial charge < -0.3 is 14.6 Å². The van der Waals surface area contributed by atoms with Gasteiger partial charge in [0.1, 0.15) is 24.5 Å². The maximum absolute atomic E-state index is 10.5. The van der Waals surface area contributed by atoms with E-state index in [0.717, 1.165) is 17.5 Å². The van der Waals surface area contributed by atoms with Crippen LogP contribution in [0.2, 0.25) is 0 Å². The van der Waals surface area contributed by atoms with E-state index in [2.05, 4.69) is 12.1 Å². The molecule has 2 aromatic carbocycles. The largest absolute Gasteiger partial charge is 0.507 e. The predicted octanol–water partition coefficient (Wildman–Crippen LogP) is 3.78. The van der Waals surface area contributed by atoms with E-state index in [1.165, 1.54) is 29.9 Å². The molecule has 1 N–H and O–H groups in total. The fourth-order valence-corrected chi connectivity index (χ4v) is 2.78. The van der Waals surface area contributed by atoms with Crippen LogP contribution in [0.15, 0.2) is 55.2 Å². The van der Waals surface area contributed by atoms with E-state index in [4.69, 9.17) is 9.47 Å². The highest BCUT2D eigenvalue weighted by molar-refractivity contribution is 5.82. The summed E-state index contributed by atoms with van der Waals surface area (Å²) in [6, 6.07) is 12.1. The monoisotopic (exact) mass is 264 g/mol. The van der Waals surface area contributed by atoms with Gasteiger partial charge in [0.05, 0.1) is 5.56 Å². The first kappa shape index (κ1) is 11.2. The standard InChI is InChI=1S/C17H12O3/c18-17-14(16-10-19-7-8-20-16)6-5-13-12-4-2-1-3-11(12)9-15(13)17/h1-8,10,18H,9H2. The number of phenolic OH excluding ortho intramolecular Hbond substituents is 1. The lowest BCUT2D eigenvalue weighted by atomic mass is 10.0. The Balaban J connectivity index is 1.85. The van der Waals surface area contributed by atoms with Crippen molar-refractivity contribution < 1.29 is 14.6 Å². The van der Waals surface area contributed by atoms with Crippen LogP contribution < -0.4 is 0 Å². The Morgan fingerprint density at radius 2 is 1.75 bits per heavy atom. The van der Waals surface area contributed by atoms with Crippen molar-refractivity contribution in [1.82, 2.24) is 0 Å². The molecular formula is C17H12O3. The molecule has 0 fully saturated rings. The van der Waals surface area contributed by atoms with Gasteiger partial charge >= 0.3 is 0 Å². The Kier molecular flexibility index (Phi) is 2.33. The number of hydrogen-bond donors (Lipinski definition) is 1. The topological polar surface area (TPSA) is 38.7 Å². The second-order valence-corrected chi connectivity index (χ2v) is 4.83. The van der Waals surface area contributed by atoms with Crippen molar-refractivity contribution >= 4 is 5.76 Å². The van der Waals surface area contributed by atoms with E-state index in [0.29, 0.717) is 11.3 Å². The molecule has 0 unspecified atom stereocenters. The Labute approximate surface area is 116 Å². The van der Waals surface area contributed by atoms with Crippen LogP contribution in [0.5, 0.6) is 5.75 Å². The fourth-order valence-electron chi connectivity index (χ4n) is 2.78. The van der Waals surface area contributed by atoms with E-state index in [1.54, 1.807) is 0 Å². The highest BCUT2D eigenvalue weighted by Crippen LogP contribution is 2.44.